The van der Waals surface area contributed by atoms with Gasteiger partial charge in [-0.1, -0.05) is 37.6 Å². The van der Waals surface area contributed by atoms with Crippen molar-refractivity contribution in [2.75, 3.05) is 6.61 Å². The largest absolute Gasteiger partial charge is 0.373 e. The SMILES string of the molecule is CCC1CCC(c2ccc(-c3cc(F)c(Cc4cc(F)c(F)c(F)c4)c(F)c3)cc2)OC1. The molecule has 6 heteroatoms. The monoisotopic (exact) mass is 446 g/mol. The molecule has 32 heavy (non-hydrogen) atoms. The molecule has 1 aliphatic rings. The summed E-state index contributed by atoms with van der Waals surface area (Å²) in [5, 5.41) is 0. The fraction of sp³-hybridized carbons (Fsp3) is 0.308. The molecule has 1 heterocycles. The van der Waals surface area contributed by atoms with Crippen LogP contribution in [0.1, 0.15) is 49.0 Å². The molecule has 2 unspecified atom stereocenters. The lowest BCUT2D eigenvalue weighted by atomic mass is 9.92. The van der Waals surface area contributed by atoms with Gasteiger partial charge in [0.1, 0.15) is 11.6 Å². The van der Waals surface area contributed by atoms with Gasteiger partial charge in [0.05, 0.1) is 12.7 Å². The Hall–Kier alpha value is -2.73. The fourth-order valence-corrected chi connectivity index (χ4v) is 4.13. The Labute approximate surface area is 183 Å². The summed E-state index contributed by atoms with van der Waals surface area (Å²) in [6.07, 6.45) is 2.79. The first-order chi connectivity index (χ1) is 15.4. The highest BCUT2D eigenvalue weighted by atomic mass is 19.2. The molecule has 0 spiro atoms. The van der Waals surface area contributed by atoms with Gasteiger partial charge in [0.2, 0.25) is 0 Å². The third-order valence-corrected chi connectivity index (χ3v) is 6.13. The number of ether oxygens (including phenoxy) is 1. The lowest BCUT2D eigenvalue weighted by Crippen LogP contribution is -2.20. The Kier molecular flexibility index (Phi) is 6.60. The number of rotatable bonds is 5. The molecule has 0 amide bonds. The smallest absolute Gasteiger partial charge is 0.194 e. The van der Waals surface area contributed by atoms with Crippen LogP contribution in [0, 0.1) is 35.0 Å². The third kappa shape index (κ3) is 4.70. The molecule has 3 aromatic carbocycles. The summed E-state index contributed by atoms with van der Waals surface area (Å²) in [4.78, 5) is 0. The topological polar surface area (TPSA) is 9.23 Å². The lowest BCUT2D eigenvalue weighted by molar-refractivity contribution is -0.0180. The van der Waals surface area contributed by atoms with E-state index in [4.69, 9.17) is 4.74 Å². The Bertz CT molecular complexity index is 1060. The van der Waals surface area contributed by atoms with Crippen molar-refractivity contribution in [3.63, 3.8) is 0 Å². The van der Waals surface area contributed by atoms with Crippen molar-refractivity contribution in [2.45, 2.75) is 38.7 Å². The van der Waals surface area contributed by atoms with Crippen molar-refractivity contribution in [3.8, 4) is 11.1 Å². The predicted molar refractivity (Wildman–Crippen MR) is 113 cm³/mol. The van der Waals surface area contributed by atoms with Gasteiger partial charge in [-0.25, -0.2) is 22.0 Å². The van der Waals surface area contributed by atoms with E-state index in [1.807, 2.05) is 12.1 Å². The van der Waals surface area contributed by atoms with Gasteiger partial charge in [0.15, 0.2) is 17.5 Å². The Morgan fingerprint density at radius 3 is 1.94 bits per heavy atom. The number of hydrogen-bond acceptors (Lipinski definition) is 1. The van der Waals surface area contributed by atoms with Gasteiger partial charge in [0, 0.05) is 12.0 Å². The standard InChI is InChI=1S/C26H23F5O/c1-2-15-3-8-25(32-14-15)18-6-4-17(5-7-18)19-12-21(27)20(22(28)13-19)9-16-10-23(29)26(31)24(30)11-16/h4-7,10-13,15,25H,2-3,8-9,14H2,1H3. The van der Waals surface area contributed by atoms with Crippen LogP contribution in [0.4, 0.5) is 22.0 Å². The predicted octanol–water partition coefficient (Wildman–Crippen LogP) is 7.52. The van der Waals surface area contributed by atoms with Crippen LogP contribution in [0.15, 0.2) is 48.5 Å². The second kappa shape index (κ2) is 9.41. The van der Waals surface area contributed by atoms with Gasteiger partial charge in [-0.05, 0) is 65.3 Å². The van der Waals surface area contributed by atoms with Crippen LogP contribution in [0.3, 0.4) is 0 Å². The normalized spacial score (nSPS) is 18.7. The highest BCUT2D eigenvalue weighted by Crippen LogP contribution is 2.33. The van der Waals surface area contributed by atoms with Crippen LogP contribution in [0.2, 0.25) is 0 Å². The Morgan fingerprint density at radius 1 is 0.781 bits per heavy atom. The average Bonchev–Trinajstić information content (AvgIpc) is 2.80. The van der Waals surface area contributed by atoms with Gasteiger partial charge in [-0.2, -0.15) is 0 Å². The van der Waals surface area contributed by atoms with E-state index in [2.05, 4.69) is 6.92 Å². The second-order valence-corrected chi connectivity index (χ2v) is 8.26. The van der Waals surface area contributed by atoms with E-state index >= 15 is 0 Å². The molecule has 1 fully saturated rings. The fourth-order valence-electron chi connectivity index (χ4n) is 4.13. The second-order valence-electron chi connectivity index (χ2n) is 8.26. The van der Waals surface area contributed by atoms with Crippen LogP contribution < -0.4 is 0 Å². The van der Waals surface area contributed by atoms with E-state index in [0.717, 1.165) is 43.6 Å². The maximum atomic E-state index is 14.7. The summed E-state index contributed by atoms with van der Waals surface area (Å²) >= 11 is 0. The molecule has 0 saturated carbocycles. The molecule has 2 atom stereocenters. The summed E-state index contributed by atoms with van der Waals surface area (Å²) < 4.78 is 75.3. The molecule has 4 rings (SSSR count). The van der Waals surface area contributed by atoms with Crippen molar-refractivity contribution in [2.24, 2.45) is 5.92 Å². The molecule has 1 nitrogen and oxygen atoms in total. The van der Waals surface area contributed by atoms with Crippen LogP contribution in [-0.4, -0.2) is 6.61 Å². The molecule has 0 radical (unpaired) electrons. The molecule has 168 valence electrons. The first-order valence-electron chi connectivity index (χ1n) is 10.7. The maximum Gasteiger partial charge on any atom is 0.194 e. The average molecular weight is 446 g/mol. The van der Waals surface area contributed by atoms with Crippen LogP contribution in [-0.2, 0) is 11.2 Å². The van der Waals surface area contributed by atoms with Crippen LogP contribution >= 0.6 is 0 Å². The molecule has 0 N–H and O–H groups in total. The molecule has 1 aliphatic heterocycles. The van der Waals surface area contributed by atoms with Gasteiger partial charge in [-0.15, -0.1) is 0 Å². The van der Waals surface area contributed by atoms with Gasteiger partial charge in [0.25, 0.3) is 0 Å². The Morgan fingerprint density at radius 2 is 1.41 bits per heavy atom. The van der Waals surface area contributed by atoms with E-state index in [9.17, 15) is 22.0 Å². The molecule has 3 aromatic rings. The molecule has 0 aliphatic carbocycles. The van der Waals surface area contributed by atoms with E-state index in [-0.39, 0.29) is 17.2 Å². The summed E-state index contributed by atoms with van der Waals surface area (Å²) in [6.45, 7) is 2.89. The molecular weight excluding hydrogens is 423 g/mol. The van der Waals surface area contributed by atoms with E-state index in [1.165, 1.54) is 12.1 Å². The van der Waals surface area contributed by atoms with Crippen molar-refractivity contribution < 1.29 is 26.7 Å². The summed E-state index contributed by atoms with van der Waals surface area (Å²) in [5.74, 6) is -5.49. The highest BCUT2D eigenvalue weighted by molar-refractivity contribution is 5.64. The third-order valence-electron chi connectivity index (χ3n) is 6.13. The number of benzene rings is 3. The van der Waals surface area contributed by atoms with Gasteiger partial charge < -0.3 is 4.74 Å². The minimum absolute atomic E-state index is 0.0270. The first kappa shape index (κ1) is 22.5. The number of hydrogen-bond donors (Lipinski definition) is 0. The van der Waals surface area contributed by atoms with Gasteiger partial charge in [-0.3, -0.25) is 0 Å². The molecule has 1 saturated heterocycles. The van der Waals surface area contributed by atoms with Crippen LogP contribution in [0.5, 0.6) is 0 Å². The zero-order valence-corrected chi connectivity index (χ0v) is 17.6. The minimum Gasteiger partial charge on any atom is -0.373 e. The van der Waals surface area contributed by atoms with Crippen molar-refractivity contribution in [1.82, 2.24) is 0 Å². The van der Waals surface area contributed by atoms with Crippen molar-refractivity contribution >= 4 is 0 Å². The van der Waals surface area contributed by atoms with Crippen molar-refractivity contribution in [3.05, 3.63) is 94.3 Å². The molecule has 0 bridgehead atoms. The van der Waals surface area contributed by atoms with Gasteiger partial charge >= 0.3 is 0 Å². The molecular formula is C26H23F5O. The summed E-state index contributed by atoms with van der Waals surface area (Å²) in [6, 6.07) is 11.2. The lowest BCUT2D eigenvalue weighted by Gasteiger charge is -2.28. The van der Waals surface area contributed by atoms with Crippen LogP contribution in [0.25, 0.3) is 11.1 Å². The quantitative estimate of drug-likeness (QED) is 0.291. The van der Waals surface area contributed by atoms with E-state index in [1.54, 1.807) is 12.1 Å². The first-order valence-corrected chi connectivity index (χ1v) is 10.7. The highest BCUT2D eigenvalue weighted by Gasteiger charge is 2.22. The molecule has 0 aromatic heterocycles. The van der Waals surface area contributed by atoms with E-state index in [0.29, 0.717) is 17.0 Å². The number of halogens is 5. The Balaban J connectivity index is 1.53. The summed E-state index contributed by atoms with van der Waals surface area (Å²) in [5.41, 5.74) is 1.62. The zero-order chi connectivity index (χ0) is 22.8. The zero-order valence-electron chi connectivity index (χ0n) is 17.6. The minimum atomic E-state index is -1.61. The maximum absolute atomic E-state index is 14.7. The summed E-state index contributed by atoms with van der Waals surface area (Å²) in [7, 11) is 0. The van der Waals surface area contributed by atoms with E-state index < -0.39 is 35.5 Å². The van der Waals surface area contributed by atoms with Crippen molar-refractivity contribution in [1.29, 1.82) is 0 Å².